The summed E-state index contributed by atoms with van der Waals surface area (Å²) in [7, 11) is -0.645. The molecule has 0 spiro atoms. The van der Waals surface area contributed by atoms with Crippen LogP contribution in [0.5, 0.6) is 11.5 Å². The first kappa shape index (κ1) is 30.5. The first-order valence-corrected chi connectivity index (χ1v) is 16.5. The molecule has 0 N–H and O–H groups in total. The van der Waals surface area contributed by atoms with E-state index in [9.17, 15) is 14.9 Å². The molecule has 10 nitrogen and oxygen atoms in total. The number of nitrogens with zero attached hydrogens (tertiary/aromatic N) is 4. The maximum atomic E-state index is 14.0. The van der Waals surface area contributed by atoms with Gasteiger partial charge in [-0.1, -0.05) is 34.1 Å². The summed E-state index contributed by atoms with van der Waals surface area (Å²) in [5.74, 6) is 0.300. The molecule has 1 amide bonds. The lowest BCUT2D eigenvalue weighted by Gasteiger charge is -2.43. The van der Waals surface area contributed by atoms with Crippen molar-refractivity contribution in [3.63, 3.8) is 0 Å². The van der Waals surface area contributed by atoms with E-state index in [2.05, 4.69) is 43.8 Å². The number of likely N-dealkylation sites (tertiary alicyclic amines) is 1. The van der Waals surface area contributed by atoms with E-state index in [0.29, 0.717) is 38.3 Å². The summed E-state index contributed by atoms with van der Waals surface area (Å²) in [6.45, 7) is 14.1. The van der Waals surface area contributed by atoms with Crippen molar-refractivity contribution in [1.29, 1.82) is 0 Å². The monoisotopic (exact) mass is 558 g/mol. The van der Waals surface area contributed by atoms with E-state index < -0.39 is 19.1 Å². The Bertz CT molecular complexity index is 1140. The molecule has 2 atom stereocenters. The van der Waals surface area contributed by atoms with Crippen LogP contribution in [-0.4, -0.2) is 66.9 Å². The lowest BCUT2D eigenvalue weighted by molar-refractivity contribution is -0.385. The minimum atomic E-state index is -2.11. The summed E-state index contributed by atoms with van der Waals surface area (Å²) in [6, 6.07) is 2.47. The van der Waals surface area contributed by atoms with Crippen molar-refractivity contribution in [2.75, 3.05) is 26.9 Å². The molecule has 1 aromatic carbocycles. The second-order valence-electron chi connectivity index (χ2n) is 11.6. The number of amides is 1. The lowest BCUT2D eigenvalue weighted by atomic mass is 9.86. The van der Waals surface area contributed by atoms with Gasteiger partial charge < -0.3 is 18.8 Å². The Hall–Kier alpha value is -3.05. The van der Waals surface area contributed by atoms with Crippen molar-refractivity contribution in [3.8, 4) is 11.5 Å². The number of unbranched alkanes of at least 4 members (excludes halogenated alkanes) is 1. The van der Waals surface area contributed by atoms with Crippen LogP contribution in [0.3, 0.4) is 0 Å². The largest absolute Gasteiger partial charge is 0.493 e. The van der Waals surface area contributed by atoms with E-state index in [1.807, 2.05) is 19.3 Å². The van der Waals surface area contributed by atoms with Gasteiger partial charge in [0.1, 0.15) is 11.9 Å². The van der Waals surface area contributed by atoms with Crippen molar-refractivity contribution in [1.82, 2.24) is 14.9 Å². The van der Waals surface area contributed by atoms with Gasteiger partial charge in [-0.2, -0.15) is 0 Å². The van der Waals surface area contributed by atoms with Crippen LogP contribution < -0.4 is 9.47 Å². The molecule has 2 heterocycles. The number of nitro benzene ring substituents is 1. The van der Waals surface area contributed by atoms with E-state index in [4.69, 9.17) is 13.9 Å². The zero-order valence-corrected chi connectivity index (χ0v) is 25.2. The second-order valence-corrected chi connectivity index (χ2v) is 16.4. The van der Waals surface area contributed by atoms with Crippen molar-refractivity contribution >= 4 is 19.9 Å². The number of benzene rings is 1. The number of hydrogen-bond donors (Lipinski definition) is 0. The molecular weight excluding hydrogens is 516 g/mol. The third kappa shape index (κ3) is 7.33. The normalized spacial score (nSPS) is 18.1. The predicted molar refractivity (Wildman–Crippen MR) is 152 cm³/mol. The van der Waals surface area contributed by atoms with E-state index >= 15 is 0 Å². The summed E-state index contributed by atoms with van der Waals surface area (Å²) in [5, 5.41) is 12.1. The topological polar surface area (TPSA) is 117 Å². The van der Waals surface area contributed by atoms with Crippen LogP contribution >= 0.6 is 0 Å². The van der Waals surface area contributed by atoms with Gasteiger partial charge in [0.2, 0.25) is 0 Å². The Morgan fingerprint density at radius 3 is 2.49 bits per heavy atom. The Labute approximate surface area is 232 Å². The standard InChI is InChI=1S/C28H42N4O6Si/c1-8-9-12-37-26-15-24(32(34)35)23(14-25(26)36-5)27(33)31-11-10-20(21-16-29-19-30-17-21)13-22(31)18-38-39(6,7)28(2,3)4/h14-17,19-20,22H,8-13,18H2,1-7H3/t20?,22-/m0/s1. The predicted octanol–water partition coefficient (Wildman–Crippen LogP) is 5.98. The zero-order chi connectivity index (χ0) is 28.8. The van der Waals surface area contributed by atoms with E-state index in [1.54, 1.807) is 4.90 Å². The molecule has 0 radical (unpaired) electrons. The molecule has 1 aliphatic rings. The molecule has 1 unspecified atom stereocenters. The summed E-state index contributed by atoms with van der Waals surface area (Å²) in [4.78, 5) is 35.6. The van der Waals surface area contributed by atoms with E-state index in [0.717, 1.165) is 18.4 Å². The molecule has 0 aliphatic carbocycles. The average molecular weight is 559 g/mol. The number of carbonyl (C=O) groups is 1. The quantitative estimate of drug-likeness (QED) is 0.143. The summed E-state index contributed by atoms with van der Waals surface area (Å²) >= 11 is 0. The van der Waals surface area contributed by atoms with Crippen molar-refractivity contribution in [2.45, 2.75) is 83.5 Å². The molecule has 0 bridgehead atoms. The van der Waals surface area contributed by atoms with Gasteiger partial charge in [-0.25, -0.2) is 9.97 Å². The molecule has 1 saturated heterocycles. The van der Waals surface area contributed by atoms with Gasteiger partial charge in [-0.05, 0) is 48.9 Å². The molecular formula is C28H42N4O6Si. The fraction of sp³-hybridized carbons (Fsp3) is 0.607. The summed E-state index contributed by atoms with van der Waals surface area (Å²) in [6.07, 6.45) is 8.19. The second kappa shape index (κ2) is 12.9. The molecule has 39 heavy (non-hydrogen) atoms. The minimum absolute atomic E-state index is 0.00291. The van der Waals surface area contributed by atoms with Crippen LogP contribution in [0.25, 0.3) is 0 Å². The Morgan fingerprint density at radius 2 is 1.90 bits per heavy atom. The molecule has 214 valence electrons. The maximum absolute atomic E-state index is 14.0. The van der Waals surface area contributed by atoms with Gasteiger partial charge in [0.05, 0.1) is 37.4 Å². The first-order chi connectivity index (χ1) is 18.4. The highest BCUT2D eigenvalue weighted by Gasteiger charge is 2.41. The fourth-order valence-corrected chi connectivity index (χ4v) is 5.49. The third-order valence-electron chi connectivity index (χ3n) is 7.94. The molecule has 11 heteroatoms. The summed E-state index contributed by atoms with van der Waals surface area (Å²) in [5.41, 5.74) is 0.705. The molecule has 1 fully saturated rings. The average Bonchev–Trinajstić information content (AvgIpc) is 2.91. The number of nitro groups is 1. The zero-order valence-electron chi connectivity index (χ0n) is 24.2. The highest BCUT2D eigenvalue weighted by atomic mass is 28.4. The van der Waals surface area contributed by atoms with E-state index in [-0.39, 0.29) is 34.0 Å². The number of hydrogen-bond acceptors (Lipinski definition) is 8. The lowest BCUT2D eigenvalue weighted by Crippen LogP contribution is -2.51. The molecule has 3 rings (SSSR count). The fourth-order valence-electron chi connectivity index (χ4n) is 4.45. The highest BCUT2D eigenvalue weighted by Crippen LogP contribution is 2.40. The minimum Gasteiger partial charge on any atom is -0.493 e. The number of methoxy groups -OCH3 is 1. The first-order valence-electron chi connectivity index (χ1n) is 13.6. The number of carbonyl (C=O) groups excluding carboxylic acids is 1. The summed E-state index contributed by atoms with van der Waals surface area (Å²) < 4.78 is 17.8. The van der Waals surface area contributed by atoms with Gasteiger partial charge in [-0.15, -0.1) is 0 Å². The molecule has 2 aromatic rings. The number of piperidine rings is 1. The van der Waals surface area contributed by atoms with Gasteiger partial charge in [-0.3, -0.25) is 14.9 Å². The van der Waals surface area contributed by atoms with Crippen molar-refractivity contribution in [3.05, 3.63) is 52.1 Å². The third-order valence-corrected chi connectivity index (χ3v) is 12.4. The maximum Gasteiger partial charge on any atom is 0.286 e. The number of aromatic nitrogens is 2. The molecule has 1 aromatic heterocycles. The Balaban J connectivity index is 1.95. The van der Waals surface area contributed by atoms with Crippen LogP contribution in [0.2, 0.25) is 18.1 Å². The molecule has 0 saturated carbocycles. The Kier molecular flexibility index (Phi) is 10.1. The van der Waals surface area contributed by atoms with Gasteiger partial charge in [0.15, 0.2) is 19.8 Å². The van der Waals surface area contributed by atoms with E-state index in [1.165, 1.54) is 25.6 Å². The van der Waals surface area contributed by atoms with Crippen LogP contribution in [0.15, 0.2) is 30.9 Å². The smallest absolute Gasteiger partial charge is 0.286 e. The van der Waals surface area contributed by atoms with Crippen LogP contribution in [-0.2, 0) is 4.43 Å². The number of ether oxygens (including phenoxy) is 2. The van der Waals surface area contributed by atoms with Crippen molar-refractivity contribution in [2.24, 2.45) is 0 Å². The molecule has 1 aliphatic heterocycles. The van der Waals surface area contributed by atoms with Gasteiger partial charge in [0, 0.05) is 25.0 Å². The van der Waals surface area contributed by atoms with Gasteiger partial charge >= 0.3 is 0 Å². The highest BCUT2D eigenvalue weighted by molar-refractivity contribution is 6.74. The van der Waals surface area contributed by atoms with Crippen LogP contribution in [0, 0.1) is 10.1 Å². The van der Waals surface area contributed by atoms with Gasteiger partial charge in [0.25, 0.3) is 11.6 Å². The van der Waals surface area contributed by atoms with Crippen LogP contribution in [0.1, 0.15) is 75.2 Å². The van der Waals surface area contributed by atoms with Crippen molar-refractivity contribution < 1.29 is 23.6 Å². The van der Waals surface area contributed by atoms with Crippen LogP contribution in [0.4, 0.5) is 5.69 Å². The Morgan fingerprint density at radius 1 is 1.21 bits per heavy atom. The number of rotatable bonds is 11. The SMILES string of the molecule is CCCCOc1cc([N+](=O)[O-])c(C(=O)N2CCC(c3cncnc3)C[C@H]2CO[Si](C)(C)C(C)(C)C)cc1OC.